The molecule has 0 aliphatic carbocycles. The van der Waals surface area contributed by atoms with Crippen LogP contribution in [0.4, 0.5) is 0 Å². The van der Waals surface area contributed by atoms with Crippen molar-refractivity contribution in [1.82, 2.24) is 29.4 Å². The first-order valence-electron chi connectivity index (χ1n) is 9.18. The lowest BCUT2D eigenvalue weighted by Crippen LogP contribution is -2.20. The molecule has 0 fully saturated rings. The molecule has 8 nitrogen and oxygen atoms in total. The molecule has 28 heavy (non-hydrogen) atoms. The third-order valence-corrected chi connectivity index (χ3v) is 4.50. The summed E-state index contributed by atoms with van der Waals surface area (Å²) in [5.74, 6) is 1.20. The Bertz CT molecular complexity index is 1050. The van der Waals surface area contributed by atoms with E-state index < -0.39 is 5.91 Å². The van der Waals surface area contributed by atoms with Gasteiger partial charge >= 0.3 is 5.91 Å². The van der Waals surface area contributed by atoms with E-state index in [0.29, 0.717) is 18.3 Å². The summed E-state index contributed by atoms with van der Waals surface area (Å²) in [5.41, 5.74) is 3.51. The number of hydrogen-bond donors (Lipinski definition) is 0. The van der Waals surface area contributed by atoms with Gasteiger partial charge in [-0.05, 0) is 39.8 Å². The van der Waals surface area contributed by atoms with Crippen LogP contribution in [-0.4, -0.2) is 55.2 Å². The lowest BCUT2D eigenvalue weighted by Gasteiger charge is -2.11. The summed E-state index contributed by atoms with van der Waals surface area (Å²) in [4.78, 5) is 35.6. The van der Waals surface area contributed by atoms with Crippen molar-refractivity contribution in [3.63, 3.8) is 0 Å². The highest BCUT2D eigenvalue weighted by Gasteiger charge is 2.13. The molecule has 3 heterocycles. The molecule has 0 saturated heterocycles. The highest BCUT2D eigenvalue weighted by Crippen LogP contribution is 2.21. The molecule has 0 N–H and O–H groups in total. The van der Waals surface area contributed by atoms with Gasteiger partial charge in [0.05, 0.1) is 17.4 Å². The summed E-state index contributed by atoms with van der Waals surface area (Å²) in [6.45, 7) is 8.03. The van der Waals surface area contributed by atoms with Crippen LogP contribution in [0.1, 0.15) is 54.6 Å². The Kier molecular flexibility index (Phi) is 5.48. The molecule has 0 unspecified atom stereocenters. The fourth-order valence-corrected chi connectivity index (χ4v) is 2.99. The topological polar surface area (TPSA) is 89.2 Å². The number of carbonyl (C=O) groups excluding carboxylic acids is 1. The lowest BCUT2D eigenvalue weighted by molar-refractivity contribution is 0.0991. The van der Waals surface area contributed by atoms with Gasteiger partial charge in [-0.1, -0.05) is 0 Å². The highest BCUT2D eigenvalue weighted by atomic mass is 16.1. The molecule has 0 radical (unpaired) electrons. The fraction of sp³-hybridized carbons (Fsp3) is 0.400. The normalized spacial score (nSPS) is 12.0. The van der Waals surface area contributed by atoms with Crippen LogP contribution < -0.4 is 0 Å². The first-order valence-corrected chi connectivity index (χ1v) is 9.18. The SMILES string of the molecule is CC(=NC(=O)c1nccc(Cc2cc3c(cn2)nc(C)n3C(C)C)n1)N(C)C. The highest BCUT2D eigenvalue weighted by molar-refractivity contribution is 6.00. The fourth-order valence-electron chi connectivity index (χ4n) is 2.99. The zero-order chi connectivity index (χ0) is 20.4. The second-order valence-electron chi connectivity index (χ2n) is 7.19. The predicted molar refractivity (Wildman–Crippen MR) is 109 cm³/mol. The number of aliphatic imine (C=N–C) groups is 1. The van der Waals surface area contributed by atoms with E-state index in [9.17, 15) is 4.79 Å². The van der Waals surface area contributed by atoms with Gasteiger partial charge in [-0.15, -0.1) is 0 Å². The Labute approximate surface area is 164 Å². The summed E-state index contributed by atoms with van der Waals surface area (Å²) >= 11 is 0. The van der Waals surface area contributed by atoms with Crippen LogP contribution in [0.3, 0.4) is 0 Å². The molecule has 8 heteroatoms. The van der Waals surface area contributed by atoms with Crippen LogP contribution >= 0.6 is 0 Å². The number of nitrogens with zero attached hydrogens (tertiary/aromatic N) is 7. The standard InChI is InChI=1S/C20H25N7O/c1-12(2)27-14(4)23-17-11-22-16(10-18(17)27)9-15-7-8-21-19(25-15)20(28)24-13(3)26(5)6/h7-8,10-12H,9H2,1-6H3. The third-order valence-electron chi connectivity index (χ3n) is 4.50. The van der Waals surface area contributed by atoms with Crippen molar-refractivity contribution in [2.45, 2.75) is 40.2 Å². The average Bonchev–Trinajstić information content (AvgIpc) is 2.97. The summed E-state index contributed by atoms with van der Waals surface area (Å²) in [6, 6.07) is 4.13. The van der Waals surface area contributed by atoms with Crippen molar-refractivity contribution in [2.75, 3.05) is 14.1 Å². The summed E-state index contributed by atoms with van der Waals surface area (Å²) in [7, 11) is 3.66. The van der Waals surface area contributed by atoms with Gasteiger partial charge in [-0.3, -0.25) is 9.78 Å². The number of aromatic nitrogens is 5. The van der Waals surface area contributed by atoms with Gasteiger partial charge in [0.25, 0.3) is 0 Å². The molecule has 0 aromatic carbocycles. The molecular formula is C20H25N7O. The molecule has 0 saturated carbocycles. The first kappa shape index (κ1) is 19.6. The van der Waals surface area contributed by atoms with E-state index in [1.54, 1.807) is 30.3 Å². The quantitative estimate of drug-likeness (QED) is 0.511. The van der Waals surface area contributed by atoms with Gasteiger partial charge in [0.15, 0.2) is 0 Å². The van der Waals surface area contributed by atoms with Gasteiger partial charge in [0, 0.05) is 38.4 Å². The average molecular weight is 379 g/mol. The molecule has 0 spiro atoms. The second kappa shape index (κ2) is 7.84. The monoisotopic (exact) mass is 379 g/mol. The predicted octanol–water partition coefficient (Wildman–Crippen LogP) is 2.82. The Morgan fingerprint density at radius 1 is 1.21 bits per heavy atom. The zero-order valence-electron chi connectivity index (χ0n) is 17.1. The van der Waals surface area contributed by atoms with E-state index in [1.165, 1.54) is 0 Å². The third kappa shape index (κ3) is 4.05. The summed E-state index contributed by atoms with van der Waals surface area (Å²) in [5, 5.41) is 0. The van der Waals surface area contributed by atoms with E-state index in [2.05, 4.69) is 43.3 Å². The molecule has 3 aromatic heterocycles. The van der Waals surface area contributed by atoms with Gasteiger partial charge in [0.1, 0.15) is 17.2 Å². The molecule has 3 rings (SSSR count). The molecule has 0 aliphatic heterocycles. The van der Waals surface area contributed by atoms with Crippen LogP contribution in [0, 0.1) is 6.92 Å². The molecule has 3 aromatic rings. The van der Waals surface area contributed by atoms with E-state index in [-0.39, 0.29) is 5.82 Å². The number of imidazole rings is 1. The Morgan fingerprint density at radius 3 is 2.64 bits per heavy atom. The molecule has 1 amide bonds. The number of rotatable bonds is 4. The smallest absolute Gasteiger partial charge is 0.316 e. The number of pyridine rings is 1. The van der Waals surface area contributed by atoms with Crippen LogP contribution in [0.25, 0.3) is 11.0 Å². The number of fused-ring (bicyclic) bond motifs is 1. The minimum absolute atomic E-state index is 0.0860. The number of hydrogen-bond acceptors (Lipinski definition) is 5. The van der Waals surface area contributed by atoms with Crippen molar-refractivity contribution in [2.24, 2.45) is 4.99 Å². The van der Waals surface area contributed by atoms with E-state index in [0.717, 1.165) is 28.2 Å². The van der Waals surface area contributed by atoms with Gasteiger partial charge in [-0.25, -0.2) is 15.0 Å². The number of carbonyl (C=O) groups is 1. The lowest BCUT2D eigenvalue weighted by atomic mass is 10.2. The largest absolute Gasteiger partial charge is 0.366 e. The van der Waals surface area contributed by atoms with Crippen LogP contribution in [0.5, 0.6) is 0 Å². The maximum absolute atomic E-state index is 12.3. The van der Waals surface area contributed by atoms with Crippen LogP contribution in [0.15, 0.2) is 29.5 Å². The van der Waals surface area contributed by atoms with E-state index >= 15 is 0 Å². The van der Waals surface area contributed by atoms with Crippen LogP contribution in [-0.2, 0) is 6.42 Å². The van der Waals surface area contributed by atoms with Crippen molar-refractivity contribution >= 4 is 22.8 Å². The van der Waals surface area contributed by atoms with Crippen LogP contribution in [0.2, 0.25) is 0 Å². The summed E-state index contributed by atoms with van der Waals surface area (Å²) in [6.07, 6.45) is 3.86. The van der Waals surface area contributed by atoms with Crippen molar-refractivity contribution in [1.29, 1.82) is 0 Å². The molecule has 0 aliphatic rings. The molecule has 0 atom stereocenters. The van der Waals surface area contributed by atoms with Gasteiger partial charge < -0.3 is 9.47 Å². The maximum Gasteiger partial charge on any atom is 0.316 e. The first-order chi connectivity index (χ1) is 13.3. The second-order valence-corrected chi connectivity index (χ2v) is 7.19. The number of aryl methyl sites for hydroxylation is 1. The maximum atomic E-state index is 12.3. The van der Waals surface area contributed by atoms with Gasteiger partial charge in [-0.2, -0.15) is 4.99 Å². The Morgan fingerprint density at radius 2 is 1.96 bits per heavy atom. The molecule has 0 bridgehead atoms. The molecule has 146 valence electrons. The Hall–Kier alpha value is -3.16. The zero-order valence-corrected chi connectivity index (χ0v) is 17.1. The van der Waals surface area contributed by atoms with Gasteiger partial charge in [0.2, 0.25) is 5.82 Å². The Balaban J connectivity index is 1.89. The van der Waals surface area contributed by atoms with E-state index in [4.69, 9.17) is 0 Å². The molecular weight excluding hydrogens is 354 g/mol. The van der Waals surface area contributed by atoms with Crippen molar-refractivity contribution < 1.29 is 4.79 Å². The van der Waals surface area contributed by atoms with Crippen molar-refractivity contribution in [3.8, 4) is 0 Å². The van der Waals surface area contributed by atoms with E-state index in [1.807, 2.05) is 27.1 Å². The van der Waals surface area contributed by atoms with Crippen molar-refractivity contribution in [3.05, 3.63) is 47.6 Å². The number of amides is 1. The minimum atomic E-state index is -0.454. The number of amidine groups is 1. The summed E-state index contributed by atoms with van der Waals surface area (Å²) < 4.78 is 2.19. The minimum Gasteiger partial charge on any atom is -0.366 e.